The molecule has 1 heterocycles. The molecule has 0 bridgehead atoms. The predicted molar refractivity (Wildman–Crippen MR) is 77.2 cm³/mol. The van der Waals surface area contributed by atoms with E-state index in [0.29, 0.717) is 6.04 Å². The minimum Gasteiger partial charge on any atom is -0.324 e. The van der Waals surface area contributed by atoms with Gasteiger partial charge in [-0.2, -0.15) is 0 Å². The SMILES string of the molecule is Cc1ccc2c(c1)nc(CNCC1CC1)n2C1CC1. The van der Waals surface area contributed by atoms with Crippen molar-refractivity contribution in [3.8, 4) is 0 Å². The number of fused-ring (bicyclic) bond motifs is 1. The summed E-state index contributed by atoms with van der Waals surface area (Å²) >= 11 is 0. The molecule has 1 N–H and O–H groups in total. The number of nitrogens with one attached hydrogen (secondary N) is 1. The maximum absolute atomic E-state index is 4.85. The van der Waals surface area contributed by atoms with Crippen molar-refractivity contribution in [2.75, 3.05) is 6.54 Å². The van der Waals surface area contributed by atoms with E-state index in [9.17, 15) is 0 Å². The normalized spacial score (nSPS) is 19.2. The van der Waals surface area contributed by atoms with Crippen LogP contribution in [0.25, 0.3) is 11.0 Å². The molecule has 0 radical (unpaired) electrons. The van der Waals surface area contributed by atoms with Gasteiger partial charge in [0.25, 0.3) is 0 Å². The first kappa shape index (κ1) is 11.5. The fourth-order valence-electron chi connectivity index (χ4n) is 2.83. The topological polar surface area (TPSA) is 29.9 Å². The maximum atomic E-state index is 4.85. The van der Waals surface area contributed by atoms with Crippen molar-refractivity contribution in [2.24, 2.45) is 5.92 Å². The maximum Gasteiger partial charge on any atom is 0.124 e. The van der Waals surface area contributed by atoms with Crippen LogP contribution in [0.5, 0.6) is 0 Å². The third kappa shape index (κ3) is 2.27. The number of nitrogens with zero attached hydrogens (tertiary/aromatic N) is 2. The quantitative estimate of drug-likeness (QED) is 0.889. The summed E-state index contributed by atoms with van der Waals surface area (Å²) in [5.74, 6) is 2.16. The van der Waals surface area contributed by atoms with E-state index in [2.05, 4.69) is 35.0 Å². The molecule has 2 aromatic rings. The van der Waals surface area contributed by atoms with Crippen molar-refractivity contribution < 1.29 is 0 Å². The van der Waals surface area contributed by atoms with Crippen LogP contribution < -0.4 is 5.32 Å². The lowest BCUT2D eigenvalue weighted by molar-refractivity contribution is 0.589. The Bertz CT molecular complexity index is 606. The first-order valence-corrected chi connectivity index (χ1v) is 7.49. The van der Waals surface area contributed by atoms with Crippen molar-refractivity contribution in [3.63, 3.8) is 0 Å². The van der Waals surface area contributed by atoms with Crippen LogP contribution in [0.4, 0.5) is 0 Å². The minimum atomic E-state index is 0.699. The van der Waals surface area contributed by atoms with Crippen molar-refractivity contribution in [3.05, 3.63) is 29.6 Å². The van der Waals surface area contributed by atoms with Crippen molar-refractivity contribution in [1.29, 1.82) is 0 Å². The van der Waals surface area contributed by atoms with Crippen LogP contribution in [0.3, 0.4) is 0 Å². The van der Waals surface area contributed by atoms with Crippen LogP contribution in [0, 0.1) is 12.8 Å². The van der Waals surface area contributed by atoms with E-state index in [1.807, 2.05) is 0 Å². The van der Waals surface area contributed by atoms with Crippen LogP contribution in [0.2, 0.25) is 0 Å². The van der Waals surface area contributed by atoms with E-state index in [1.165, 1.54) is 42.6 Å². The van der Waals surface area contributed by atoms with E-state index in [1.54, 1.807) is 0 Å². The van der Waals surface area contributed by atoms with E-state index < -0.39 is 0 Å². The van der Waals surface area contributed by atoms with Crippen LogP contribution in [-0.4, -0.2) is 16.1 Å². The summed E-state index contributed by atoms with van der Waals surface area (Å²) in [6.45, 7) is 4.22. The Morgan fingerprint density at radius 3 is 2.84 bits per heavy atom. The van der Waals surface area contributed by atoms with E-state index in [0.717, 1.165) is 24.5 Å². The number of aromatic nitrogens is 2. The van der Waals surface area contributed by atoms with Gasteiger partial charge in [0.05, 0.1) is 17.6 Å². The Morgan fingerprint density at radius 1 is 1.26 bits per heavy atom. The smallest absolute Gasteiger partial charge is 0.124 e. The van der Waals surface area contributed by atoms with Crippen LogP contribution in [0.1, 0.15) is 43.1 Å². The lowest BCUT2D eigenvalue weighted by atomic mass is 10.2. The zero-order valence-corrected chi connectivity index (χ0v) is 11.5. The molecule has 1 aromatic carbocycles. The molecule has 2 aliphatic rings. The Hall–Kier alpha value is -1.35. The summed E-state index contributed by atoms with van der Waals surface area (Å²) < 4.78 is 2.47. The lowest BCUT2D eigenvalue weighted by Crippen LogP contribution is -2.19. The molecular weight excluding hydrogens is 234 g/mol. The Kier molecular flexibility index (Phi) is 2.62. The minimum absolute atomic E-state index is 0.699. The summed E-state index contributed by atoms with van der Waals surface area (Å²) in [5.41, 5.74) is 3.77. The first-order valence-electron chi connectivity index (χ1n) is 7.49. The molecule has 2 aliphatic carbocycles. The average Bonchev–Trinajstić information content (AvgIpc) is 3.27. The molecule has 3 nitrogen and oxygen atoms in total. The largest absolute Gasteiger partial charge is 0.324 e. The van der Waals surface area contributed by atoms with Gasteiger partial charge < -0.3 is 9.88 Å². The highest BCUT2D eigenvalue weighted by atomic mass is 15.1. The third-order valence-corrected chi connectivity index (χ3v) is 4.24. The Balaban J connectivity index is 1.64. The van der Waals surface area contributed by atoms with Gasteiger partial charge in [0.2, 0.25) is 0 Å². The van der Waals surface area contributed by atoms with Gasteiger partial charge in [-0.25, -0.2) is 4.98 Å². The molecule has 2 fully saturated rings. The van der Waals surface area contributed by atoms with Crippen molar-refractivity contribution >= 4 is 11.0 Å². The molecule has 0 unspecified atom stereocenters. The van der Waals surface area contributed by atoms with Gasteiger partial charge in [0.1, 0.15) is 5.82 Å². The van der Waals surface area contributed by atoms with Gasteiger partial charge in [0.15, 0.2) is 0 Å². The number of imidazole rings is 1. The Labute approximate surface area is 114 Å². The van der Waals surface area contributed by atoms with Crippen molar-refractivity contribution in [2.45, 2.75) is 45.2 Å². The van der Waals surface area contributed by atoms with Crippen LogP contribution in [0.15, 0.2) is 18.2 Å². The predicted octanol–water partition coefficient (Wildman–Crippen LogP) is 3.18. The standard InChI is InChI=1S/C16H21N3/c1-11-2-7-15-14(8-11)18-16(19(15)13-5-6-13)10-17-9-12-3-4-12/h2,7-8,12-13,17H,3-6,9-10H2,1H3. The highest BCUT2D eigenvalue weighted by Gasteiger charge is 2.28. The second kappa shape index (κ2) is 4.34. The molecule has 19 heavy (non-hydrogen) atoms. The number of hydrogen-bond donors (Lipinski definition) is 1. The molecule has 0 atom stereocenters. The number of benzene rings is 1. The molecule has 3 heteroatoms. The third-order valence-electron chi connectivity index (χ3n) is 4.24. The number of aryl methyl sites for hydroxylation is 1. The number of hydrogen-bond acceptors (Lipinski definition) is 2. The molecule has 0 aliphatic heterocycles. The van der Waals surface area contributed by atoms with Gasteiger partial charge in [-0.3, -0.25) is 0 Å². The zero-order valence-electron chi connectivity index (χ0n) is 11.5. The van der Waals surface area contributed by atoms with Crippen LogP contribution in [-0.2, 0) is 6.54 Å². The highest BCUT2D eigenvalue weighted by Crippen LogP contribution is 2.38. The fraction of sp³-hybridized carbons (Fsp3) is 0.562. The molecule has 0 spiro atoms. The molecule has 1 aromatic heterocycles. The fourth-order valence-corrected chi connectivity index (χ4v) is 2.83. The monoisotopic (exact) mass is 255 g/mol. The average molecular weight is 255 g/mol. The van der Waals surface area contributed by atoms with E-state index in [4.69, 9.17) is 4.98 Å². The van der Waals surface area contributed by atoms with Crippen molar-refractivity contribution in [1.82, 2.24) is 14.9 Å². The first-order chi connectivity index (χ1) is 9.31. The Morgan fingerprint density at radius 2 is 2.11 bits per heavy atom. The molecule has 4 rings (SSSR count). The summed E-state index contributed by atoms with van der Waals surface area (Å²) in [6.07, 6.45) is 5.44. The number of rotatable bonds is 5. The van der Waals surface area contributed by atoms with E-state index >= 15 is 0 Å². The van der Waals surface area contributed by atoms with E-state index in [-0.39, 0.29) is 0 Å². The molecule has 0 amide bonds. The summed E-state index contributed by atoms with van der Waals surface area (Å²) in [5, 5.41) is 3.58. The molecule has 0 saturated heterocycles. The zero-order chi connectivity index (χ0) is 12.8. The summed E-state index contributed by atoms with van der Waals surface area (Å²) in [6, 6.07) is 7.34. The lowest BCUT2D eigenvalue weighted by Gasteiger charge is -2.08. The molecule has 100 valence electrons. The highest BCUT2D eigenvalue weighted by molar-refractivity contribution is 5.77. The van der Waals surface area contributed by atoms with Gasteiger partial charge >= 0.3 is 0 Å². The summed E-state index contributed by atoms with van der Waals surface area (Å²) in [4.78, 5) is 4.85. The second-order valence-corrected chi connectivity index (χ2v) is 6.20. The second-order valence-electron chi connectivity index (χ2n) is 6.20. The van der Waals surface area contributed by atoms with Gasteiger partial charge in [-0.05, 0) is 62.8 Å². The molecular formula is C16H21N3. The molecule has 2 saturated carbocycles. The van der Waals surface area contributed by atoms with Crippen LogP contribution >= 0.6 is 0 Å². The van der Waals surface area contributed by atoms with Gasteiger partial charge in [0, 0.05) is 6.04 Å². The van der Waals surface area contributed by atoms with Gasteiger partial charge in [-0.15, -0.1) is 0 Å². The summed E-state index contributed by atoms with van der Waals surface area (Å²) in [7, 11) is 0. The van der Waals surface area contributed by atoms with Gasteiger partial charge in [-0.1, -0.05) is 6.07 Å².